The van der Waals surface area contributed by atoms with E-state index >= 15 is 0 Å². The predicted octanol–water partition coefficient (Wildman–Crippen LogP) is 0.389. The Morgan fingerprint density at radius 2 is 2.24 bits per heavy atom. The number of carbonyl (C=O) groups excluding carboxylic acids is 1. The summed E-state index contributed by atoms with van der Waals surface area (Å²) in [5, 5.41) is -0.0966. The van der Waals surface area contributed by atoms with Gasteiger partial charge in [0.05, 0.1) is 12.5 Å². The van der Waals surface area contributed by atoms with Gasteiger partial charge in [-0.3, -0.25) is 19.1 Å². The Bertz CT molecular complexity index is 520. The topological polar surface area (TPSA) is 81.2 Å². The van der Waals surface area contributed by atoms with Crippen LogP contribution < -0.4 is 11.2 Å². The third kappa shape index (κ3) is 3.45. The number of nitrogens with one attached hydrogen (secondary N) is 1. The zero-order valence-electron chi connectivity index (χ0n) is 9.53. The van der Waals surface area contributed by atoms with E-state index in [9.17, 15) is 14.4 Å². The van der Waals surface area contributed by atoms with Gasteiger partial charge in [0.1, 0.15) is 5.02 Å². The Balaban J connectivity index is 2.89. The summed E-state index contributed by atoms with van der Waals surface area (Å²) in [6, 6.07) is 0. The molecule has 0 amide bonds. The molecule has 1 atom stereocenters. The van der Waals surface area contributed by atoms with Gasteiger partial charge >= 0.3 is 11.7 Å². The highest BCUT2D eigenvalue weighted by Gasteiger charge is 2.15. The molecule has 6 nitrogen and oxygen atoms in total. The fourth-order valence-electron chi connectivity index (χ4n) is 1.27. The highest BCUT2D eigenvalue weighted by Crippen LogP contribution is 2.03. The van der Waals surface area contributed by atoms with Crippen molar-refractivity contribution in [3.63, 3.8) is 0 Å². The van der Waals surface area contributed by atoms with Crippen molar-refractivity contribution in [1.82, 2.24) is 9.55 Å². The molecular weight excluding hydrogens is 248 g/mol. The molecule has 1 N–H and O–H groups in total. The van der Waals surface area contributed by atoms with Crippen LogP contribution in [0.3, 0.4) is 0 Å². The van der Waals surface area contributed by atoms with E-state index in [0.29, 0.717) is 0 Å². The van der Waals surface area contributed by atoms with Crippen molar-refractivity contribution in [2.45, 2.75) is 20.4 Å². The second-order valence-corrected chi connectivity index (χ2v) is 3.95. The molecule has 0 fully saturated rings. The second-order valence-electron chi connectivity index (χ2n) is 3.54. The van der Waals surface area contributed by atoms with Crippen LogP contribution in [-0.2, 0) is 16.1 Å². The number of carbonyl (C=O) groups is 1. The molecule has 0 aromatic carbocycles. The van der Waals surface area contributed by atoms with Crippen LogP contribution >= 0.6 is 11.6 Å². The first-order valence-electron chi connectivity index (χ1n) is 5.11. The molecular formula is C10H13ClN2O4. The number of ether oxygens (including phenoxy) is 1. The zero-order chi connectivity index (χ0) is 13.0. The number of esters is 1. The fourth-order valence-corrected chi connectivity index (χ4v) is 1.44. The van der Waals surface area contributed by atoms with Gasteiger partial charge < -0.3 is 4.74 Å². The Kier molecular flexibility index (Phi) is 4.51. The quantitative estimate of drug-likeness (QED) is 0.794. The van der Waals surface area contributed by atoms with E-state index in [4.69, 9.17) is 16.3 Å². The maximum absolute atomic E-state index is 11.4. The lowest BCUT2D eigenvalue weighted by atomic mass is 10.2. The molecule has 0 spiro atoms. The number of aromatic amines is 1. The first-order chi connectivity index (χ1) is 7.95. The highest BCUT2D eigenvalue weighted by atomic mass is 35.5. The fraction of sp³-hybridized carbons (Fsp3) is 0.500. The number of hydrogen-bond donors (Lipinski definition) is 1. The number of nitrogens with zero attached hydrogens (tertiary/aromatic N) is 1. The Hall–Kier alpha value is -1.56. The highest BCUT2D eigenvalue weighted by molar-refractivity contribution is 6.30. The zero-order valence-corrected chi connectivity index (χ0v) is 10.3. The third-order valence-electron chi connectivity index (χ3n) is 2.13. The summed E-state index contributed by atoms with van der Waals surface area (Å²) in [5.74, 6) is -0.892. The van der Waals surface area contributed by atoms with Gasteiger partial charge in [-0.15, -0.1) is 0 Å². The van der Waals surface area contributed by atoms with Crippen LogP contribution in [0, 0.1) is 5.92 Å². The van der Waals surface area contributed by atoms with Crippen molar-refractivity contribution in [2.24, 2.45) is 5.92 Å². The number of aromatic nitrogens is 2. The van der Waals surface area contributed by atoms with Crippen molar-refractivity contribution in [2.75, 3.05) is 6.61 Å². The average molecular weight is 261 g/mol. The second kappa shape index (κ2) is 5.67. The molecule has 0 saturated heterocycles. The van der Waals surface area contributed by atoms with Crippen LogP contribution in [0.2, 0.25) is 5.02 Å². The van der Waals surface area contributed by atoms with Gasteiger partial charge in [0.2, 0.25) is 0 Å². The molecule has 1 unspecified atom stereocenters. The van der Waals surface area contributed by atoms with Crippen LogP contribution in [0.5, 0.6) is 0 Å². The number of halogens is 1. The molecule has 0 aliphatic rings. The van der Waals surface area contributed by atoms with Gasteiger partial charge in [0.25, 0.3) is 5.56 Å². The van der Waals surface area contributed by atoms with Crippen LogP contribution in [0.1, 0.15) is 13.8 Å². The monoisotopic (exact) mass is 260 g/mol. The standard InChI is InChI=1S/C10H13ClN2O4/c1-3-17-9(15)6(2)4-13-5-7(11)8(14)12-10(13)16/h5-6H,3-4H2,1-2H3,(H,12,14,16). The van der Waals surface area contributed by atoms with Crippen molar-refractivity contribution < 1.29 is 9.53 Å². The minimum Gasteiger partial charge on any atom is -0.466 e. The van der Waals surface area contributed by atoms with Gasteiger partial charge in [-0.25, -0.2) is 4.79 Å². The molecule has 0 radical (unpaired) electrons. The molecule has 1 rings (SSSR count). The summed E-state index contributed by atoms with van der Waals surface area (Å²) in [5.41, 5.74) is -1.24. The lowest BCUT2D eigenvalue weighted by Crippen LogP contribution is -2.33. The van der Waals surface area contributed by atoms with Crippen LogP contribution in [0.25, 0.3) is 0 Å². The van der Waals surface area contributed by atoms with Crippen LogP contribution in [-0.4, -0.2) is 22.1 Å². The van der Waals surface area contributed by atoms with Crippen molar-refractivity contribution in [3.8, 4) is 0 Å². The smallest absolute Gasteiger partial charge is 0.328 e. The summed E-state index contributed by atoms with van der Waals surface area (Å²) in [4.78, 5) is 35.8. The molecule has 0 aliphatic heterocycles. The molecule has 0 saturated carbocycles. The average Bonchev–Trinajstić information content (AvgIpc) is 2.26. The van der Waals surface area contributed by atoms with E-state index in [0.717, 1.165) is 0 Å². The van der Waals surface area contributed by atoms with E-state index < -0.39 is 23.1 Å². The van der Waals surface area contributed by atoms with Crippen LogP contribution in [0.15, 0.2) is 15.8 Å². The summed E-state index contributed by atoms with van der Waals surface area (Å²) < 4.78 is 5.98. The van der Waals surface area contributed by atoms with Gasteiger partial charge in [-0.2, -0.15) is 0 Å². The largest absolute Gasteiger partial charge is 0.466 e. The van der Waals surface area contributed by atoms with Crippen molar-refractivity contribution >= 4 is 17.6 Å². The molecule has 1 aromatic rings. The lowest BCUT2D eigenvalue weighted by Gasteiger charge is -2.11. The van der Waals surface area contributed by atoms with Gasteiger partial charge in [-0.1, -0.05) is 18.5 Å². The van der Waals surface area contributed by atoms with E-state index in [2.05, 4.69) is 4.98 Å². The maximum atomic E-state index is 11.4. The maximum Gasteiger partial charge on any atom is 0.328 e. The van der Waals surface area contributed by atoms with Crippen LogP contribution in [0.4, 0.5) is 0 Å². The number of H-pyrrole nitrogens is 1. The SMILES string of the molecule is CCOC(=O)C(C)Cn1cc(Cl)c(=O)[nH]c1=O. The molecule has 0 aliphatic carbocycles. The predicted molar refractivity (Wildman–Crippen MR) is 62.1 cm³/mol. The normalized spacial score (nSPS) is 12.2. The van der Waals surface area contributed by atoms with Crippen molar-refractivity contribution in [1.29, 1.82) is 0 Å². The van der Waals surface area contributed by atoms with E-state index in [1.165, 1.54) is 10.8 Å². The van der Waals surface area contributed by atoms with Gasteiger partial charge in [0.15, 0.2) is 0 Å². The number of hydrogen-bond acceptors (Lipinski definition) is 4. The Labute approximate surface area is 102 Å². The first-order valence-corrected chi connectivity index (χ1v) is 5.49. The Morgan fingerprint density at radius 3 is 2.82 bits per heavy atom. The molecule has 94 valence electrons. The summed E-state index contributed by atoms with van der Waals surface area (Å²) >= 11 is 5.59. The molecule has 0 bridgehead atoms. The first kappa shape index (κ1) is 13.5. The molecule has 1 heterocycles. The van der Waals surface area contributed by atoms with E-state index in [1.807, 2.05) is 0 Å². The molecule has 1 aromatic heterocycles. The summed E-state index contributed by atoms with van der Waals surface area (Å²) in [6.45, 7) is 3.72. The summed E-state index contributed by atoms with van der Waals surface area (Å²) in [7, 11) is 0. The summed E-state index contributed by atoms with van der Waals surface area (Å²) in [6.07, 6.45) is 1.21. The minimum absolute atomic E-state index is 0.0966. The number of rotatable bonds is 4. The lowest BCUT2D eigenvalue weighted by molar-refractivity contribution is -0.147. The molecule has 17 heavy (non-hydrogen) atoms. The van der Waals surface area contributed by atoms with Crippen molar-refractivity contribution in [3.05, 3.63) is 32.1 Å². The van der Waals surface area contributed by atoms with E-state index in [1.54, 1.807) is 13.8 Å². The minimum atomic E-state index is -0.642. The third-order valence-corrected chi connectivity index (χ3v) is 2.40. The Morgan fingerprint density at radius 1 is 1.59 bits per heavy atom. The molecule has 7 heteroatoms. The van der Waals surface area contributed by atoms with Gasteiger partial charge in [-0.05, 0) is 6.92 Å². The van der Waals surface area contributed by atoms with E-state index in [-0.39, 0.29) is 18.2 Å². The van der Waals surface area contributed by atoms with Gasteiger partial charge in [0, 0.05) is 12.7 Å².